The fraction of sp³-hybridized carbons (Fsp3) is 0.292. The van der Waals surface area contributed by atoms with Crippen LogP contribution in [0.5, 0.6) is 0 Å². The molecule has 0 aliphatic rings. The van der Waals surface area contributed by atoms with Crippen molar-refractivity contribution in [2.24, 2.45) is 0 Å². The van der Waals surface area contributed by atoms with Crippen molar-refractivity contribution in [1.82, 2.24) is 29.6 Å². The first-order chi connectivity index (χ1) is 17.8. The maximum Gasteiger partial charge on any atom is 0.408 e. The number of carbonyl (C=O) groups is 1. The number of pyridine rings is 2. The minimum absolute atomic E-state index is 0.0311. The van der Waals surface area contributed by atoms with Crippen LogP contribution in [0, 0.1) is 11.3 Å². The molecule has 0 aliphatic heterocycles. The van der Waals surface area contributed by atoms with Crippen LogP contribution < -0.4 is 10.6 Å². The van der Waals surface area contributed by atoms with Crippen molar-refractivity contribution in [3.05, 3.63) is 60.3 Å². The summed E-state index contributed by atoms with van der Waals surface area (Å²) in [7, 11) is 0. The van der Waals surface area contributed by atoms with Crippen molar-refractivity contribution >= 4 is 28.3 Å². The number of nitrogens with zero attached hydrogens (tertiary/aromatic N) is 6. The molecule has 198 valence electrons. The van der Waals surface area contributed by atoms with Crippen LogP contribution in [-0.2, 0) is 6.54 Å². The lowest BCUT2D eigenvalue weighted by molar-refractivity contribution is -0.142. The molecule has 4 aromatic heterocycles. The number of nitriles is 1. The molecule has 0 bridgehead atoms. The van der Waals surface area contributed by atoms with E-state index in [1.54, 1.807) is 22.9 Å². The molecule has 0 saturated heterocycles. The van der Waals surface area contributed by atoms with E-state index in [-0.39, 0.29) is 16.9 Å². The number of fused-ring (bicyclic) bond motifs is 1. The predicted molar refractivity (Wildman–Crippen MR) is 129 cm³/mol. The van der Waals surface area contributed by atoms with Crippen LogP contribution >= 0.6 is 0 Å². The topological polar surface area (TPSA) is 134 Å². The third kappa shape index (κ3) is 6.06. The second-order valence-corrected chi connectivity index (χ2v) is 9.02. The summed E-state index contributed by atoms with van der Waals surface area (Å²) in [6.45, 7) is 0.742. The van der Waals surface area contributed by atoms with Crippen molar-refractivity contribution in [2.75, 3.05) is 11.9 Å². The number of amides is 1. The highest BCUT2D eigenvalue weighted by atomic mass is 19.4. The maximum absolute atomic E-state index is 14.2. The summed E-state index contributed by atoms with van der Waals surface area (Å²) in [6, 6.07) is 6.84. The van der Waals surface area contributed by atoms with Gasteiger partial charge in [0.1, 0.15) is 30.3 Å². The molecule has 3 N–H and O–H groups in total. The average molecular weight is 530 g/mol. The number of anilines is 2. The van der Waals surface area contributed by atoms with Gasteiger partial charge in [0.25, 0.3) is 5.91 Å². The standard InChI is InChI=1S/C24H22F4N8O2/c1-23(2,38)19(25)11-32-22(37)17-10-30-20(36-4-3-15-5-14(7-29)8-31-21(15)36)6-18(17)34-16-9-33-35(12-16)13-24(26,27)28/h3-6,8-10,12,19,38H,11,13H2,1-2H3,(H,30,34)(H,32,37). The van der Waals surface area contributed by atoms with Gasteiger partial charge in [0.2, 0.25) is 0 Å². The van der Waals surface area contributed by atoms with E-state index in [4.69, 9.17) is 5.26 Å². The van der Waals surface area contributed by atoms with Gasteiger partial charge in [-0.2, -0.15) is 23.5 Å². The van der Waals surface area contributed by atoms with Gasteiger partial charge in [0.05, 0.1) is 40.8 Å². The summed E-state index contributed by atoms with van der Waals surface area (Å²) in [5.74, 6) is -0.422. The highest BCUT2D eigenvalue weighted by Gasteiger charge is 2.29. The number of halogens is 4. The van der Waals surface area contributed by atoms with Crippen LogP contribution in [0.2, 0.25) is 0 Å². The number of carbonyl (C=O) groups excluding carboxylic acids is 1. The van der Waals surface area contributed by atoms with Crippen LogP contribution in [-0.4, -0.2) is 59.8 Å². The van der Waals surface area contributed by atoms with Crippen molar-refractivity contribution in [3.63, 3.8) is 0 Å². The summed E-state index contributed by atoms with van der Waals surface area (Å²) >= 11 is 0. The average Bonchev–Trinajstić information content (AvgIpc) is 3.46. The first-order valence-electron chi connectivity index (χ1n) is 11.2. The van der Waals surface area contributed by atoms with E-state index in [0.29, 0.717) is 27.1 Å². The quantitative estimate of drug-likeness (QED) is 0.296. The Hall–Kier alpha value is -4.51. The fourth-order valence-corrected chi connectivity index (χ4v) is 3.51. The Kier molecular flexibility index (Phi) is 7.05. The minimum atomic E-state index is -4.48. The van der Waals surface area contributed by atoms with Gasteiger partial charge in [-0.05, 0) is 26.0 Å². The van der Waals surface area contributed by atoms with Gasteiger partial charge in [-0.25, -0.2) is 14.4 Å². The molecule has 0 fully saturated rings. The third-order valence-corrected chi connectivity index (χ3v) is 5.50. The van der Waals surface area contributed by atoms with Gasteiger partial charge in [0.15, 0.2) is 0 Å². The summed E-state index contributed by atoms with van der Waals surface area (Å²) in [6.07, 6.45) is 0.321. The molecule has 10 nitrogen and oxygen atoms in total. The molecule has 0 saturated carbocycles. The smallest absolute Gasteiger partial charge is 0.387 e. The van der Waals surface area contributed by atoms with E-state index >= 15 is 0 Å². The Morgan fingerprint density at radius 1 is 1.21 bits per heavy atom. The van der Waals surface area contributed by atoms with Crippen LogP contribution in [0.4, 0.5) is 28.9 Å². The number of rotatable bonds is 8. The molecule has 1 unspecified atom stereocenters. The van der Waals surface area contributed by atoms with Gasteiger partial charge in [0, 0.05) is 36.2 Å². The van der Waals surface area contributed by atoms with E-state index in [2.05, 4.69) is 25.7 Å². The van der Waals surface area contributed by atoms with Crippen LogP contribution in [0.1, 0.15) is 29.8 Å². The molecular formula is C24H22F4N8O2. The van der Waals surface area contributed by atoms with Gasteiger partial charge in [-0.15, -0.1) is 0 Å². The maximum atomic E-state index is 14.2. The highest BCUT2D eigenvalue weighted by molar-refractivity contribution is 6.00. The van der Waals surface area contributed by atoms with E-state index in [9.17, 15) is 27.5 Å². The van der Waals surface area contributed by atoms with Gasteiger partial charge in [-0.3, -0.25) is 14.0 Å². The number of alkyl halides is 4. The molecule has 38 heavy (non-hydrogen) atoms. The molecular weight excluding hydrogens is 508 g/mol. The van der Waals surface area contributed by atoms with Crippen LogP contribution in [0.15, 0.2) is 49.2 Å². The number of nitrogens with one attached hydrogen (secondary N) is 2. The van der Waals surface area contributed by atoms with Crippen molar-refractivity contribution in [1.29, 1.82) is 5.26 Å². The molecule has 14 heteroatoms. The lowest BCUT2D eigenvalue weighted by atomic mass is 10.0. The Morgan fingerprint density at radius 2 is 1.97 bits per heavy atom. The van der Waals surface area contributed by atoms with E-state index in [1.807, 2.05) is 6.07 Å². The second kappa shape index (κ2) is 10.1. The molecule has 4 rings (SSSR count). The van der Waals surface area contributed by atoms with Gasteiger partial charge in [-0.1, -0.05) is 0 Å². The van der Waals surface area contributed by atoms with Crippen molar-refractivity contribution in [2.45, 2.75) is 38.3 Å². The van der Waals surface area contributed by atoms with E-state index in [0.717, 1.165) is 12.4 Å². The number of aromatic nitrogens is 5. The summed E-state index contributed by atoms with van der Waals surface area (Å²) in [5.41, 5.74) is -0.565. The molecule has 0 spiro atoms. The molecule has 4 heterocycles. The number of hydrogen-bond donors (Lipinski definition) is 3. The van der Waals surface area contributed by atoms with Gasteiger partial charge >= 0.3 is 6.18 Å². The lowest BCUT2D eigenvalue weighted by Crippen LogP contribution is -2.42. The van der Waals surface area contributed by atoms with Crippen LogP contribution in [0.3, 0.4) is 0 Å². The normalized spacial score (nSPS) is 12.8. The molecule has 0 aromatic carbocycles. The monoisotopic (exact) mass is 530 g/mol. The van der Waals surface area contributed by atoms with Crippen molar-refractivity contribution in [3.8, 4) is 11.9 Å². The Balaban J connectivity index is 1.69. The highest BCUT2D eigenvalue weighted by Crippen LogP contribution is 2.26. The Morgan fingerprint density at radius 3 is 2.66 bits per heavy atom. The molecule has 1 amide bonds. The summed E-state index contributed by atoms with van der Waals surface area (Å²) in [5, 5.41) is 28.5. The van der Waals surface area contributed by atoms with Crippen LogP contribution in [0.25, 0.3) is 16.9 Å². The molecule has 0 aliphatic carbocycles. The van der Waals surface area contributed by atoms with Crippen molar-refractivity contribution < 1.29 is 27.5 Å². The zero-order valence-corrected chi connectivity index (χ0v) is 20.2. The largest absolute Gasteiger partial charge is 0.408 e. The third-order valence-electron chi connectivity index (χ3n) is 5.50. The second-order valence-electron chi connectivity index (χ2n) is 9.02. The van der Waals surface area contributed by atoms with E-state index < -0.39 is 36.9 Å². The van der Waals surface area contributed by atoms with E-state index in [1.165, 1.54) is 32.3 Å². The van der Waals surface area contributed by atoms with Gasteiger partial charge < -0.3 is 15.7 Å². The minimum Gasteiger partial charge on any atom is -0.387 e. The lowest BCUT2D eigenvalue weighted by Gasteiger charge is -2.22. The first kappa shape index (κ1) is 26.6. The summed E-state index contributed by atoms with van der Waals surface area (Å²) in [4.78, 5) is 21.5. The zero-order chi connectivity index (χ0) is 27.7. The summed E-state index contributed by atoms with van der Waals surface area (Å²) < 4.78 is 54.7. The Bertz CT molecular complexity index is 1510. The molecule has 0 radical (unpaired) electrons. The Labute approximate surface area is 213 Å². The zero-order valence-electron chi connectivity index (χ0n) is 20.2. The predicted octanol–water partition coefficient (Wildman–Crippen LogP) is 3.63. The SMILES string of the molecule is CC(C)(O)C(F)CNC(=O)c1cnc(-n2ccc3cc(C#N)cnc32)cc1Nc1cnn(CC(F)(F)F)c1. The fourth-order valence-electron chi connectivity index (χ4n) is 3.51. The molecule has 1 atom stereocenters. The number of aliphatic hydroxyl groups is 1. The first-order valence-corrected chi connectivity index (χ1v) is 11.2. The number of hydrogen-bond acceptors (Lipinski definition) is 7. The molecule has 4 aromatic rings.